The van der Waals surface area contributed by atoms with Gasteiger partial charge in [0, 0.05) is 17.2 Å². The van der Waals surface area contributed by atoms with Gasteiger partial charge in [-0.1, -0.05) is 18.2 Å². The fraction of sp³-hybridized carbons (Fsp3) is 0.375. The van der Waals surface area contributed by atoms with E-state index in [0.29, 0.717) is 32.2 Å². The summed E-state index contributed by atoms with van der Waals surface area (Å²) in [6, 6.07) is 9.83. The molecular weight excluding hydrogens is 284 g/mol. The molecule has 0 bridgehead atoms. The summed E-state index contributed by atoms with van der Waals surface area (Å²) < 4.78 is 21.9. The fourth-order valence-corrected chi connectivity index (χ4v) is 2.42. The predicted molar refractivity (Wildman–Crippen MR) is 77.3 cm³/mol. The molecule has 0 saturated carbocycles. The molecule has 0 aliphatic carbocycles. The molecule has 22 heavy (non-hydrogen) atoms. The van der Waals surface area contributed by atoms with E-state index in [1.165, 1.54) is 0 Å². The first-order chi connectivity index (χ1) is 10.9. The van der Waals surface area contributed by atoms with Crippen molar-refractivity contribution in [3.8, 4) is 17.0 Å². The van der Waals surface area contributed by atoms with E-state index in [2.05, 4.69) is 10.2 Å². The number of rotatable bonds is 4. The summed E-state index contributed by atoms with van der Waals surface area (Å²) >= 11 is 0. The Balaban J connectivity index is 1.57. The summed E-state index contributed by atoms with van der Waals surface area (Å²) in [4.78, 5) is 0. The van der Waals surface area contributed by atoms with Crippen LogP contribution in [-0.2, 0) is 14.2 Å². The Labute approximate surface area is 128 Å². The average Bonchev–Trinajstić information content (AvgIpc) is 3.06. The van der Waals surface area contributed by atoms with Crippen molar-refractivity contribution in [2.45, 2.75) is 12.4 Å². The Morgan fingerprint density at radius 3 is 2.73 bits per heavy atom. The van der Waals surface area contributed by atoms with Crippen molar-refractivity contribution in [3.63, 3.8) is 0 Å². The molecule has 0 radical (unpaired) electrons. The van der Waals surface area contributed by atoms with Crippen molar-refractivity contribution in [2.75, 3.05) is 26.4 Å². The van der Waals surface area contributed by atoms with Gasteiger partial charge in [0.15, 0.2) is 6.29 Å². The lowest BCUT2D eigenvalue weighted by Gasteiger charge is -2.26. The largest absolute Gasteiger partial charge is 0.484 e. The third kappa shape index (κ3) is 2.81. The molecule has 3 heterocycles. The normalized spacial score (nSPS) is 19.1. The molecule has 2 aromatic rings. The van der Waals surface area contributed by atoms with E-state index in [1.54, 1.807) is 6.20 Å². The number of hydrogen-bond acceptors (Lipinski definition) is 6. The smallest absolute Gasteiger partial charge is 0.184 e. The molecule has 114 valence electrons. The molecule has 4 rings (SSSR count). The lowest BCUT2D eigenvalue weighted by Crippen LogP contribution is -2.38. The van der Waals surface area contributed by atoms with Crippen molar-refractivity contribution in [1.82, 2.24) is 10.2 Å². The quantitative estimate of drug-likeness (QED) is 0.860. The van der Waals surface area contributed by atoms with Gasteiger partial charge in [0.2, 0.25) is 0 Å². The first-order valence-corrected chi connectivity index (χ1v) is 7.29. The van der Waals surface area contributed by atoms with Crippen LogP contribution in [0.25, 0.3) is 11.3 Å². The summed E-state index contributed by atoms with van der Waals surface area (Å²) in [6.07, 6.45) is 1.44. The van der Waals surface area contributed by atoms with Crippen molar-refractivity contribution >= 4 is 0 Å². The zero-order valence-corrected chi connectivity index (χ0v) is 12.0. The van der Waals surface area contributed by atoms with Crippen LogP contribution in [0.5, 0.6) is 5.75 Å². The van der Waals surface area contributed by atoms with Crippen molar-refractivity contribution in [2.24, 2.45) is 0 Å². The second-order valence-electron chi connectivity index (χ2n) is 5.25. The van der Waals surface area contributed by atoms with E-state index < -0.39 is 0 Å². The highest BCUT2D eigenvalue weighted by Gasteiger charge is 2.21. The maximum Gasteiger partial charge on any atom is 0.184 e. The molecule has 1 aromatic heterocycles. The van der Waals surface area contributed by atoms with Crippen LogP contribution in [0.15, 0.2) is 36.5 Å². The fourth-order valence-electron chi connectivity index (χ4n) is 2.42. The molecule has 0 atom stereocenters. The number of ether oxygens (including phenoxy) is 4. The topological polar surface area (TPSA) is 62.7 Å². The molecule has 6 nitrogen and oxygen atoms in total. The molecule has 0 spiro atoms. The molecule has 6 heteroatoms. The lowest BCUT2D eigenvalue weighted by atomic mass is 10.1. The highest BCUT2D eigenvalue weighted by molar-refractivity contribution is 5.61. The monoisotopic (exact) mass is 300 g/mol. The molecule has 0 unspecified atom stereocenters. The van der Waals surface area contributed by atoms with Gasteiger partial charge in [-0.2, -0.15) is 10.2 Å². The highest BCUT2D eigenvalue weighted by Crippen LogP contribution is 2.28. The Kier molecular flexibility index (Phi) is 3.72. The number of hydrogen-bond donors (Lipinski definition) is 0. The van der Waals surface area contributed by atoms with Crippen molar-refractivity contribution in [1.29, 1.82) is 0 Å². The van der Waals surface area contributed by atoms with Gasteiger partial charge in [0.1, 0.15) is 11.9 Å². The molecule has 2 aliphatic rings. The first-order valence-electron chi connectivity index (χ1n) is 7.29. The summed E-state index contributed by atoms with van der Waals surface area (Å²) in [6.45, 7) is 2.51. The van der Waals surface area contributed by atoms with E-state index in [0.717, 1.165) is 16.8 Å². The van der Waals surface area contributed by atoms with Crippen molar-refractivity contribution < 1.29 is 18.9 Å². The Morgan fingerprint density at radius 1 is 1.09 bits per heavy atom. The summed E-state index contributed by atoms with van der Waals surface area (Å²) in [7, 11) is 0. The minimum atomic E-state index is -0.292. The van der Waals surface area contributed by atoms with Crippen LogP contribution in [0, 0.1) is 0 Å². The molecule has 0 N–H and O–H groups in total. The van der Waals surface area contributed by atoms with E-state index in [1.807, 2.05) is 30.3 Å². The summed E-state index contributed by atoms with van der Waals surface area (Å²) in [5.74, 6) is 0.706. The van der Waals surface area contributed by atoms with Crippen LogP contribution in [0.4, 0.5) is 0 Å². The van der Waals surface area contributed by atoms with E-state index in [9.17, 15) is 0 Å². The zero-order valence-electron chi connectivity index (χ0n) is 12.0. The Bertz CT molecular complexity index is 654. The first kappa shape index (κ1) is 13.6. The minimum absolute atomic E-state index is 0.115. The van der Waals surface area contributed by atoms with Crippen LogP contribution in [0.3, 0.4) is 0 Å². The third-order valence-electron chi connectivity index (χ3n) is 3.62. The molecule has 1 aromatic carbocycles. The second kappa shape index (κ2) is 6.00. The molecule has 2 aliphatic heterocycles. The van der Waals surface area contributed by atoms with Crippen LogP contribution in [0.2, 0.25) is 0 Å². The van der Waals surface area contributed by atoms with Gasteiger partial charge >= 0.3 is 0 Å². The van der Waals surface area contributed by atoms with E-state index in [-0.39, 0.29) is 12.4 Å². The van der Waals surface area contributed by atoms with Gasteiger partial charge in [-0.05, 0) is 6.07 Å². The van der Waals surface area contributed by atoms with Gasteiger partial charge < -0.3 is 18.9 Å². The van der Waals surface area contributed by atoms with Crippen LogP contribution in [-0.4, -0.2) is 42.7 Å². The second-order valence-corrected chi connectivity index (χ2v) is 5.25. The van der Waals surface area contributed by atoms with Crippen LogP contribution < -0.4 is 4.74 Å². The molecule has 2 saturated heterocycles. The molecular formula is C16H16N2O4. The van der Waals surface area contributed by atoms with E-state index in [4.69, 9.17) is 18.9 Å². The number of aromatic nitrogens is 2. The summed E-state index contributed by atoms with van der Waals surface area (Å²) in [5.41, 5.74) is 2.70. The molecule has 0 amide bonds. The SMILES string of the molecule is c1cc(-c2cc(OC3COC3)cnn2)cc(C2OCCO2)c1. The van der Waals surface area contributed by atoms with Gasteiger partial charge in [-0.15, -0.1) is 0 Å². The standard InChI is InChI=1S/C16H16N2O4/c1-2-11(6-12(3-1)16-20-4-5-21-16)15-7-13(8-17-18-15)22-14-9-19-10-14/h1-3,6-8,14,16H,4-5,9-10H2. The minimum Gasteiger partial charge on any atom is -0.484 e. The van der Waals surface area contributed by atoms with Crippen LogP contribution in [0.1, 0.15) is 11.9 Å². The zero-order chi connectivity index (χ0) is 14.8. The third-order valence-corrected chi connectivity index (χ3v) is 3.62. The maximum absolute atomic E-state index is 5.77. The van der Waals surface area contributed by atoms with Gasteiger partial charge in [0.25, 0.3) is 0 Å². The predicted octanol–water partition coefficient (Wildman–Crippen LogP) is 1.97. The Hall–Kier alpha value is -2.02. The van der Waals surface area contributed by atoms with Gasteiger partial charge in [0.05, 0.1) is 38.3 Å². The maximum atomic E-state index is 5.77. The average molecular weight is 300 g/mol. The number of benzene rings is 1. The van der Waals surface area contributed by atoms with Crippen molar-refractivity contribution in [3.05, 3.63) is 42.1 Å². The van der Waals surface area contributed by atoms with Crippen LogP contribution >= 0.6 is 0 Å². The van der Waals surface area contributed by atoms with Gasteiger partial charge in [-0.3, -0.25) is 0 Å². The van der Waals surface area contributed by atoms with Gasteiger partial charge in [-0.25, -0.2) is 0 Å². The van der Waals surface area contributed by atoms with E-state index >= 15 is 0 Å². The lowest BCUT2D eigenvalue weighted by molar-refractivity contribution is -0.0798. The molecule has 2 fully saturated rings. The number of nitrogens with zero attached hydrogens (tertiary/aromatic N) is 2. The Morgan fingerprint density at radius 2 is 1.95 bits per heavy atom. The highest BCUT2D eigenvalue weighted by atomic mass is 16.7. The summed E-state index contributed by atoms with van der Waals surface area (Å²) in [5, 5.41) is 8.21.